The first kappa shape index (κ1) is 18.6. The lowest BCUT2D eigenvalue weighted by molar-refractivity contribution is -0.120. The number of anilines is 1. The minimum atomic E-state index is -0.635. The van der Waals surface area contributed by atoms with Crippen LogP contribution in [0, 0.1) is 0 Å². The molecule has 1 aliphatic carbocycles. The van der Waals surface area contributed by atoms with Gasteiger partial charge in [-0.3, -0.25) is 4.79 Å². The van der Waals surface area contributed by atoms with Gasteiger partial charge in [-0.15, -0.1) is 0 Å². The lowest BCUT2D eigenvalue weighted by atomic mass is 9.96. The van der Waals surface area contributed by atoms with Gasteiger partial charge in [0.15, 0.2) is 0 Å². The average Bonchev–Trinajstić information content (AvgIpc) is 2.98. The van der Waals surface area contributed by atoms with Gasteiger partial charge in [0.2, 0.25) is 0 Å². The van der Waals surface area contributed by atoms with Crippen LogP contribution in [0.5, 0.6) is 5.75 Å². The van der Waals surface area contributed by atoms with Gasteiger partial charge in [0.05, 0.1) is 19.3 Å². The molecule has 1 aromatic rings. The van der Waals surface area contributed by atoms with Gasteiger partial charge in [-0.05, 0) is 25.0 Å². The number of benzene rings is 1. The molecule has 0 unspecified atom stereocenters. The molecule has 3 fully saturated rings. The molecule has 1 aromatic carbocycles. The summed E-state index contributed by atoms with van der Waals surface area (Å²) in [5, 5.41) is 3.09. The molecule has 0 spiro atoms. The number of urea groups is 2. The molecule has 0 bridgehead atoms. The molecule has 8 heteroatoms. The van der Waals surface area contributed by atoms with Crippen LogP contribution in [0.1, 0.15) is 32.1 Å². The predicted octanol–water partition coefficient (Wildman–Crippen LogP) is 2.19. The normalized spacial score (nSPS) is 23.0. The fraction of sp³-hybridized carbons (Fsp3) is 0.550. The number of hydrogen-bond donors (Lipinski definition) is 1. The molecule has 2 heterocycles. The van der Waals surface area contributed by atoms with Crippen molar-refractivity contribution in [3.05, 3.63) is 24.3 Å². The van der Waals surface area contributed by atoms with Crippen LogP contribution < -0.4 is 15.0 Å². The van der Waals surface area contributed by atoms with Crippen molar-refractivity contribution in [1.29, 1.82) is 0 Å². The molecular weight excluding hydrogens is 360 g/mol. The van der Waals surface area contributed by atoms with E-state index in [1.165, 1.54) is 11.3 Å². The van der Waals surface area contributed by atoms with Crippen LogP contribution in [0.15, 0.2) is 24.3 Å². The van der Waals surface area contributed by atoms with E-state index < -0.39 is 6.04 Å². The summed E-state index contributed by atoms with van der Waals surface area (Å²) < 4.78 is 5.20. The van der Waals surface area contributed by atoms with Crippen molar-refractivity contribution in [3.8, 4) is 5.75 Å². The number of carbonyl (C=O) groups is 3. The molecule has 28 heavy (non-hydrogen) atoms. The van der Waals surface area contributed by atoms with Gasteiger partial charge in [0, 0.05) is 25.2 Å². The highest BCUT2D eigenvalue weighted by atomic mass is 16.5. The molecule has 0 aromatic heterocycles. The van der Waals surface area contributed by atoms with Crippen LogP contribution in [-0.4, -0.2) is 66.6 Å². The van der Waals surface area contributed by atoms with Crippen molar-refractivity contribution < 1.29 is 19.1 Å². The Morgan fingerprint density at radius 3 is 2.68 bits per heavy atom. The molecular formula is C20H26N4O4. The monoisotopic (exact) mass is 386 g/mol. The summed E-state index contributed by atoms with van der Waals surface area (Å²) in [6, 6.07) is 6.00. The van der Waals surface area contributed by atoms with E-state index in [2.05, 4.69) is 5.32 Å². The van der Waals surface area contributed by atoms with Crippen LogP contribution in [-0.2, 0) is 4.79 Å². The van der Waals surface area contributed by atoms with Crippen LogP contribution in [0.25, 0.3) is 0 Å². The predicted molar refractivity (Wildman–Crippen MR) is 103 cm³/mol. The van der Waals surface area contributed by atoms with Crippen LogP contribution in [0.3, 0.4) is 0 Å². The Labute approximate surface area is 164 Å². The Balaban J connectivity index is 1.45. The highest BCUT2D eigenvalue weighted by molar-refractivity contribution is 6.21. The standard InChI is InChI=1S/C20H26N4O4/c1-28-16-9-5-8-15(12-16)24-18(25)17-13-22(10-11-23(17)20(24)27)19(26)21-14-6-3-2-4-7-14/h5,8-9,12,14,17H,2-4,6-7,10-11,13H2,1H3,(H,21,26)/t17-/m0/s1. The van der Waals surface area contributed by atoms with E-state index in [1.54, 1.807) is 41.2 Å². The van der Waals surface area contributed by atoms with Gasteiger partial charge in [0.1, 0.15) is 11.8 Å². The second kappa shape index (κ2) is 7.69. The first-order chi connectivity index (χ1) is 13.6. The van der Waals surface area contributed by atoms with Crippen LogP contribution in [0.4, 0.5) is 15.3 Å². The first-order valence-corrected chi connectivity index (χ1v) is 9.92. The van der Waals surface area contributed by atoms with E-state index in [0.29, 0.717) is 24.5 Å². The van der Waals surface area contributed by atoms with E-state index in [9.17, 15) is 14.4 Å². The summed E-state index contributed by atoms with van der Waals surface area (Å²) in [6.07, 6.45) is 5.53. The lowest BCUT2D eigenvalue weighted by Crippen LogP contribution is -2.57. The smallest absolute Gasteiger partial charge is 0.332 e. The van der Waals surface area contributed by atoms with Gasteiger partial charge < -0.3 is 19.9 Å². The molecule has 4 rings (SSSR count). The summed E-state index contributed by atoms with van der Waals surface area (Å²) in [6.45, 7) is 1.01. The van der Waals surface area contributed by atoms with Crippen LogP contribution >= 0.6 is 0 Å². The Morgan fingerprint density at radius 2 is 1.93 bits per heavy atom. The van der Waals surface area contributed by atoms with E-state index >= 15 is 0 Å². The van der Waals surface area contributed by atoms with Gasteiger partial charge in [-0.1, -0.05) is 25.3 Å². The number of ether oxygens (including phenoxy) is 1. The molecule has 0 radical (unpaired) electrons. The number of amides is 5. The Bertz CT molecular complexity index is 777. The summed E-state index contributed by atoms with van der Waals surface area (Å²) in [4.78, 5) is 42.9. The summed E-state index contributed by atoms with van der Waals surface area (Å²) >= 11 is 0. The third kappa shape index (κ3) is 3.39. The maximum atomic E-state index is 13.0. The third-order valence-electron chi connectivity index (χ3n) is 5.85. The Kier molecular flexibility index (Phi) is 5.11. The molecule has 2 saturated heterocycles. The number of imide groups is 1. The molecule has 2 aliphatic heterocycles. The van der Waals surface area contributed by atoms with Crippen LogP contribution in [0.2, 0.25) is 0 Å². The second-order valence-electron chi connectivity index (χ2n) is 7.60. The summed E-state index contributed by atoms with van der Waals surface area (Å²) in [7, 11) is 1.54. The number of nitrogens with zero attached hydrogens (tertiary/aromatic N) is 3. The van der Waals surface area contributed by atoms with Gasteiger partial charge in [-0.2, -0.15) is 0 Å². The SMILES string of the molecule is COc1cccc(N2C(=O)[C@@H]3CN(C(=O)NC4CCCCC4)CCN3C2=O)c1. The van der Waals surface area contributed by atoms with Crippen molar-refractivity contribution in [1.82, 2.24) is 15.1 Å². The van der Waals surface area contributed by atoms with Gasteiger partial charge in [-0.25, -0.2) is 14.5 Å². The average molecular weight is 386 g/mol. The van der Waals surface area contributed by atoms with Crippen molar-refractivity contribution in [3.63, 3.8) is 0 Å². The minimum Gasteiger partial charge on any atom is -0.497 e. The van der Waals surface area contributed by atoms with Crippen molar-refractivity contribution >= 4 is 23.7 Å². The first-order valence-electron chi connectivity index (χ1n) is 9.92. The zero-order valence-electron chi connectivity index (χ0n) is 16.1. The number of hydrogen-bond acceptors (Lipinski definition) is 4. The Hall–Kier alpha value is -2.77. The number of carbonyl (C=O) groups excluding carboxylic acids is 3. The highest BCUT2D eigenvalue weighted by Gasteiger charge is 2.49. The number of nitrogens with one attached hydrogen (secondary N) is 1. The molecule has 150 valence electrons. The van der Waals surface area contributed by atoms with E-state index in [1.807, 2.05) is 0 Å². The van der Waals surface area contributed by atoms with Gasteiger partial charge in [0.25, 0.3) is 5.91 Å². The number of fused-ring (bicyclic) bond motifs is 1. The highest BCUT2D eigenvalue weighted by Crippen LogP contribution is 2.30. The fourth-order valence-corrected chi connectivity index (χ4v) is 4.28. The molecule has 1 N–H and O–H groups in total. The topological polar surface area (TPSA) is 82.2 Å². The van der Waals surface area contributed by atoms with Gasteiger partial charge >= 0.3 is 12.1 Å². The second-order valence-corrected chi connectivity index (χ2v) is 7.60. The number of piperazine rings is 1. The van der Waals surface area contributed by atoms with E-state index in [4.69, 9.17) is 4.74 Å². The molecule has 8 nitrogen and oxygen atoms in total. The van der Waals surface area contributed by atoms with Crippen molar-refractivity contribution in [2.24, 2.45) is 0 Å². The molecule has 5 amide bonds. The maximum absolute atomic E-state index is 13.0. The zero-order chi connectivity index (χ0) is 19.7. The number of methoxy groups -OCH3 is 1. The van der Waals surface area contributed by atoms with Crippen molar-refractivity contribution in [2.45, 2.75) is 44.2 Å². The Morgan fingerprint density at radius 1 is 1.14 bits per heavy atom. The summed E-state index contributed by atoms with van der Waals surface area (Å²) in [5.41, 5.74) is 0.488. The van der Waals surface area contributed by atoms with E-state index in [0.717, 1.165) is 25.7 Å². The lowest BCUT2D eigenvalue weighted by Gasteiger charge is -2.36. The largest absolute Gasteiger partial charge is 0.497 e. The zero-order valence-corrected chi connectivity index (χ0v) is 16.1. The maximum Gasteiger partial charge on any atom is 0.332 e. The summed E-state index contributed by atoms with van der Waals surface area (Å²) in [5.74, 6) is 0.282. The molecule has 1 atom stereocenters. The van der Waals surface area contributed by atoms with E-state index in [-0.39, 0.29) is 30.6 Å². The fourth-order valence-electron chi connectivity index (χ4n) is 4.28. The quantitative estimate of drug-likeness (QED) is 0.808. The minimum absolute atomic E-state index is 0.133. The van der Waals surface area contributed by atoms with Crippen molar-refractivity contribution in [2.75, 3.05) is 31.6 Å². The molecule has 3 aliphatic rings. The third-order valence-corrected chi connectivity index (χ3v) is 5.85. The number of rotatable bonds is 3. The molecule has 1 saturated carbocycles.